The van der Waals surface area contributed by atoms with Crippen molar-refractivity contribution in [1.82, 2.24) is 14.7 Å². The highest BCUT2D eigenvalue weighted by atomic mass is 35.5. The van der Waals surface area contributed by atoms with Gasteiger partial charge in [-0.1, -0.05) is 17.7 Å². The van der Waals surface area contributed by atoms with Gasteiger partial charge in [-0.05, 0) is 36.1 Å². The lowest BCUT2D eigenvalue weighted by Gasteiger charge is -2.39. The summed E-state index contributed by atoms with van der Waals surface area (Å²) in [5, 5.41) is 14.4. The van der Waals surface area contributed by atoms with Gasteiger partial charge in [0.2, 0.25) is 0 Å². The minimum absolute atomic E-state index is 0.0599. The second kappa shape index (κ2) is 7.96. The van der Waals surface area contributed by atoms with Crippen LogP contribution in [0.4, 0.5) is 0 Å². The van der Waals surface area contributed by atoms with Crippen molar-refractivity contribution >= 4 is 27.4 Å². The Bertz CT molecular complexity index is 1060. The lowest BCUT2D eigenvalue weighted by molar-refractivity contribution is -0.166. The maximum Gasteiger partial charge on any atom is 0.337 e. The number of hydrogen-bond acceptors (Lipinski definition) is 6. The number of benzene rings is 1. The number of hydrogen-bond donors (Lipinski definition) is 1. The van der Waals surface area contributed by atoms with E-state index in [2.05, 4.69) is 10.00 Å². The average Bonchev–Trinajstić information content (AvgIpc) is 3.25. The number of sulfone groups is 1. The van der Waals surface area contributed by atoms with Crippen molar-refractivity contribution in [3.8, 4) is 0 Å². The average molecular weight is 454 g/mol. The Morgan fingerprint density at radius 1 is 1.37 bits per heavy atom. The van der Waals surface area contributed by atoms with Gasteiger partial charge in [0.05, 0.1) is 24.1 Å². The van der Waals surface area contributed by atoms with E-state index in [0.29, 0.717) is 36.5 Å². The number of aryl methyl sites for hydroxylation is 1. The number of aliphatic carboxylic acids is 1. The van der Waals surface area contributed by atoms with Crippen molar-refractivity contribution in [1.29, 1.82) is 0 Å². The Morgan fingerprint density at radius 3 is 2.77 bits per heavy atom. The third-order valence-corrected chi connectivity index (χ3v) is 6.96. The van der Waals surface area contributed by atoms with E-state index in [4.69, 9.17) is 16.3 Å². The summed E-state index contributed by atoms with van der Waals surface area (Å²) in [6.45, 7) is 2.52. The van der Waals surface area contributed by atoms with Crippen LogP contribution in [0.5, 0.6) is 0 Å². The van der Waals surface area contributed by atoms with Gasteiger partial charge in [-0.2, -0.15) is 5.10 Å². The molecule has 2 aromatic rings. The number of halogens is 1. The van der Waals surface area contributed by atoms with E-state index in [1.165, 1.54) is 6.26 Å². The summed E-state index contributed by atoms with van der Waals surface area (Å²) in [7, 11) is -3.03. The van der Waals surface area contributed by atoms with Gasteiger partial charge in [-0.3, -0.25) is 9.58 Å². The second-order valence-electron chi connectivity index (χ2n) is 8.08. The highest BCUT2D eigenvalue weighted by Crippen LogP contribution is 2.50. The predicted octanol–water partition coefficient (Wildman–Crippen LogP) is 2.23. The molecule has 30 heavy (non-hydrogen) atoms. The molecule has 0 aliphatic carbocycles. The monoisotopic (exact) mass is 453 g/mol. The predicted molar refractivity (Wildman–Crippen MR) is 111 cm³/mol. The summed E-state index contributed by atoms with van der Waals surface area (Å²) >= 11 is 6.18. The molecule has 1 saturated heterocycles. The fourth-order valence-electron chi connectivity index (χ4n) is 4.28. The van der Waals surface area contributed by atoms with E-state index in [0.717, 1.165) is 24.2 Å². The van der Waals surface area contributed by atoms with Crippen LogP contribution in [0, 0.1) is 0 Å². The number of fused-ring (bicyclic) bond motifs is 2. The zero-order valence-corrected chi connectivity index (χ0v) is 18.2. The summed E-state index contributed by atoms with van der Waals surface area (Å²) in [6, 6.07) is 5.29. The standard InChI is InChI=1S/C20H24ClN3O5S/c1-30(27,28)9-8-24-13-14(11-22-24)12-23-6-4-20(5-7-23)17-10-15(21)2-3-16(17)18(29-20)19(25)26/h2-3,10-11,13,18H,4-9,12H2,1H3,(H,25,26). The molecular weight excluding hydrogens is 430 g/mol. The molecule has 1 unspecified atom stereocenters. The molecule has 1 fully saturated rings. The number of carbonyl (C=O) groups is 1. The van der Waals surface area contributed by atoms with E-state index in [1.807, 2.05) is 12.3 Å². The van der Waals surface area contributed by atoms with Gasteiger partial charge in [0, 0.05) is 42.7 Å². The quantitative estimate of drug-likeness (QED) is 0.715. The molecule has 3 heterocycles. The number of nitrogens with zero attached hydrogens (tertiary/aromatic N) is 3. The highest BCUT2D eigenvalue weighted by molar-refractivity contribution is 7.90. The van der Waals surface area contributed by atoms with Gasteiger partial charge in [0.25, 0.3) is 0 Å². The lowest BCUT2D eigenvalue weighted by atomic mass is 9.83. The number of piperidine rings is 1. The molecule has 0 bridgehead atoms. The Kier molecular flexibility index (Phi) is 5.65. The van der Waals surface area contributed by atoms with Crippen molar-refractivity contribution in [2.24, 2.45) is 0 Å². The number of aromatic nitrogens is 2. The molecule has 0 saturated carbocycles. The second-order valence-corrected chi connectivity index (χ2v) is 10.8. The Morgan fingerprint density at radius 2 is 2.10 bits per heavy atom. The summed E-state index contributed by atoms with van der Waals surface area (Å²) in [4.78, 5) is 14.0. The molecule has 10 heteroatoms. The van der Waals surface area contributed by atoms with Gasteiger partial charge in [-0.15, -0.1) is 0 Å². The molecular formula is C20H24ClN3O5S. The van der Waals surface area contributed by atoms with Crippen LogP contribution in [-0.2, 0) is 38.1 Å². The first-order chi connectivity index (χ1) is 14.2. The zero-order valence-electron chi connectivity index (χ0n) is 16.6. The maximum atomic E-state index is 11.7. The molecule has 4 rings (SSSR count). The first-order valence-electron chi connectivity index (χ1n) is 9.77. The molecule has 162 valence electrons. The van der Waals surface area contributed by atoms with Gasteiger partial charge >= 0.3 is 5.97 Å². The first kappa shape index (κ1) is 21.3. The largest absolute Gasteiger partial charge is 0.479 e. The van der Waals surface area contributed by atoms with Crippen molar-refractivity contribution < 1.29 is 23.1 Å². The third kappa shape index (κ3) is 4.39. The van der Waals surface area contributed by atoms with Crippen LogP contribution in [0.1, 0.15) is 35.6 Å². The van der Waals surface area contributed by atoms with Crippen molar-refractivity contribution in [3.63, 3.8) is 0 Å². The van der Waals surface area contributed by atoms with Crippen molar-refractivity contribution in [2.75, 3.05) is 25.1 Å². The van der Waals surface area contributed by atoms with E-state index in [9.17, 15) is 18.3 Å². The van der Waals surface area contributed by atoms with E-state index in [-0.39, 0.29) is 5.75 Å². The molecule has 8 nitrogen and oxygen atoms in total. The summed E-state index contributed by atoms with van der Waals surface area (Å²) < 4.78 is 30.4. The van der Waals surface area contributed by atoms with Gasteiger partial charge in [0.15, 0.2) is 6.10 Å². The molecule has 2 aliphatic heterocycles. The summed E-state index contributed by atoms with van der Waals surface area (Å²) in [6.07, 6.45) is 5.23. The Balaban J connectivity index is 1.42. The first-order valence-corrected chi connectivity index (χ1v) is 12.2. The zero-order chi connectivity index (χ0) is 21.5. The van der Waals surface area contributed by atoms with E-state index >= 15 is 0 Å². The van der Waals surface area contributed by atoms with E-state index < -0.39 is 27.5 Å². The number of carboxylic acids is 1. The number of rotatable bonds is 6. The SMILES string of the molecule is CS(=O)(=O)CCn1cc(CN2CCC3(CC2)OC(C(=O)O)c2ccc(Cl)cc23)cn1. The van der Waals surface area contributed by atoms with Gasteiger partial charge in [-0.25, -0.2) is 13.2 Å². The molecule has 1 atom stereocenters. The number of carboxylic acid groups (broad SMARTS) is 1. The lowest BCUT2D eigenvalue weighted by Crippen LogP contribution is -2.42. The minimum atomic E-state index is -3.03. The van der Waals surface area contributed by atoms with Crippen molar-refractivity contribution in [3.05, 3.63) is 52.3 Å². The van der Waals surface area contributed by atoms with Crippen LogP contribution in [0.25, 0.3) is 0 Å². The molecule has 1 aromatic heterocycles. The third-order valence-electron chi connectivity index (χ3n) is 5.80. The maximum absolute atomic E-state index is 11.7. The molecule has 1 spiro atoms. The van der Waals surface area contributed by atoms with Crippen LogP contribution in [0.3, 0.4) is 0 Å². The van der Waals surface area contributed by atoms with Crippen LogP contribution in [0.2, 0.25) is 5.02 Å². The molecule has 1 N–H and O–H groups in total. The van der Waals surface area contributed by atoms with Gasteiger partial charge in [0.1, 0.15) is 9.84 Å². The minimum Gasteiger partial charge on any atom is -0.479 e. The summed E-state index contributed by atoms with van der Waals surface area (Å²) in [5.74, 6) is -0.927. The normalized spacial score (nSPS) is 21.1. The Hall–Kier alpha value is -1.94. The van der Waals surface area contributed by atoms with Crippen LogP contribution in [-0.4, -0.2) is 59.3 Å². The van der Waals surface area contributed by atoms with Crippen molar-refractivity contribution in [2.45, 2.75) is 37.6 Å². The van der Waals surface area contributed by atoms with Crippen LogP contribution in [0.15, 0.2) is 30.6 Å². The van der Waals surface area contributed by atoms with Crippen LogP contribution >= 0.6 is 11.6 Å². The summed E-state index contributed by atoms with van der Waals surface area (Å²) in [5.41, 5.74) is 1.96. The van der Waals surface area contributed by atoms with E-state index in [1.54, 1.807) is 23.0 Å². The fourth-order valence-corrected chi connectivity index (χ4v) is 4.97. The molecule has 0 radical (unpaired) electrons. The number of likely N-dealkylation sites (tertiary alicyclic amines) is 1. The molecule has 1 aromatic carbocycles. The van der Waals surface area contributed by atoms with Crippen LogP contribution < -0.4 is 0 Å². The molecule has 0 amide bonds. The van der Waals surface area contributed by atoms with Gasteiger partial charge < -0.3 is 9.84 Å². The fraction of sp³-hybridized carbons (Fsp3) is 0.500. The topological polar surface area (TPSA) is 102 Å². The smallest absolute Gasteiger partial charge is 0.337 e. The molecule has 2 aliphatic rings. The Labute approximate surface area is 180 Å². The number of ether oxygens (including phenoxy) is 1. The highest BCUT2D eigenvalue weighted by Gasteiger charge is 2.49.